The molecule has 0 aliphatic heterocycles. The molecule has 0 bridgehead atoms. The Morgan fingerprint density at radius 1 is 1.19 bits per heavy atom. The summed E-state index contributed by atoms with van der Waals surface area (Å²) < 4.78 is 13.0. The summed E-state index contributed by atoms with van der Waals surface area (Å²) in [6.07, 6.45) is 2.65. The number of hydrogen-bond donors (Lipinski definition) is 3. The molecule has 2 unspecified atom stereocenters. The number of nitrogens with zero attached hydrogens (tertiary/aromatic N) is 1. The fourth-order valence-corrected chi connectivity index (χ4v) is 2.48. The van der Waals surface area contributed by atoms with Crippen molar-refractivity contribution in [2.45, 2.75) is 46.1 Å². The maximum Gasteiger partial charge on any atom is 0.222 e. The number of hydrogen-bond acceptors (Lipinski definition) is 2. The Balaban J connectivity index is 0.00000625. The van der Waals surface area contributed by atoms with Crippen LogP contribution in [0.4, 0.5) is 4.39 Å². The molecule has 1 amide bonds. The zero-order valence-electron chi connectivity index (χ0n) is 16.1. The molecular formula is C19H32FIN4O. The average Bonchev–Trinajstić information content (AvgIpc) is 2.56. The fourth-order valence-electron chi connectivity index (χ4n) is 2.48. The number of nitrogens with two attached hydrogens (primary N) is 1. The van der Waals surface area contributed by atoms with Gasteiger partial charge in [-0.2, -0.15) is 0 Å². The van der Waals surface area contributed by atoms with E-state index in [1.807, 2.05) is 0 Å². The Bertz CT molecular complexity index is 563. The molecule has 1 rings (SSSR count). The maximum absolute atomic E-state index is 13.0. The van der Waals surface area contributed by atoms with Gasteiger partial charge in [-0.3, -0.25) is 9.79 Å². The Labute approximate surface area is 173 Å². The summed E-state index contributed by atoms with van der Waals surface area (Å²) in [6, 6.07) is 6.41. The van der Waals surface area contributed by atoms with Gasteiger partial charge in [-0.25, -0.2) is 4.39 Å². The molecule has 2 atom stereocenters. The van der Waals surface area contributed by atoms with Crippen LogP contribution in [0.2, 0.25) is 0 Å². The smallest absolute Gasteiger partial charge is 0.222 e. The van der Waals surface area contributed by atoms with E-state index in [9.17, 15) is 9.18 Å². The quantitative estimate of drug-likeness (QED) is 0.290. The number of amides is 1. The highest BCUT2D eigenvalue weighted by Crippen LogP contribution is 2.10. The van der Waals surface area contributed by atoms with E-state index in [4.69, 9.17) is 5.73 Å². The van der Waals surface area contributed by atoms with Gasteiger partial charge in [0.1, 0.15) is 5.82 Å². The molecule has 0 heterocycles. The minimum Gasteiger partial charge on any atom is -0.369 e. The van der Waals surface area contributed by atoms with E-state index in [2.05, 4.69) is 36.4 Å². The van der Waals surface area contributed by atoms with Gasteiger partial charge in [0.2, 0.25) is 5.91 Å². The molecule has 0 aliphatic rings. The average molecular weight is 478 g/mol. The van der Waals surface area contributed by atoms with Crippen LogP contribution in [0, 0.1) is 17.7 Å². The topological polar surface area (TPSA) is 79.5 Å². The van der Waals surface area contributed by atoms with E-state index in [1.54, 1.807) is 19.2 Å². The lowest BCUT2D eigenvalue weighted by atomic mass is 9.98. The standard InChI is InChI=1S/C19H31FN4O.HI/c1-13(2)5-6-14(3)24-19(22-4)23-12-16(18(21)25)11-15-7-9-17(20)10-8-15;/h7-10,13-14,16H,5-6,11-12H2,1-4H3,(H2,21,25)(H2,22,23,24);1H. The summed E-state index contributed by atoms with van der Waals surface area (Å²) in [5, 5.41) is 6.49. The van der Waals surface area contributed by atoms with Crippen LogP contribution in [0.15, 0.2) is 29.3 Å². The van der Waals surface area contributed by atoms with Gasteiger partial charge in [0, 0.05) is 19.6 Å². The highest BCUT2D eigenvalue weighted by molar-refractivity contribution is 14.0. The van der Waals surface area contributed by atoms with Crippen molar-refractivity contribution in [1.82, 2.24) is 10.6 Å². The van der Waals surface area contributed by atoms with Gasteiger partial charge < -0.3 is 16.4 Å². The summed E-state index contributed by atoms with van der Waals surface area (Å²) in [5.74, 6) is 0.239. The van der Waals surface area contributed by atoms with Gasteiger partial charge >= 0.3 is 0 Å². The van der Waals surface area contributed by atoms with Crippen LogP contribution >= 0.6 is 24.0 Å². The number of carbonyl (C=O) groups excluding carboxylic acids is 1. The molecular weight excluding hydrogens is 446 g/mol. The predicted molar refractivity (Wildman–Crippen MR) is 116 cm³/mol. The Morgan fingerprint density at radius 2 is 1.81 bits per heavy atom. The molecule has 0 radical (unpaired) electrons. The first-order valence-corrected chi connectivity index (χ1v) is 8.82. The normalized spacial score (nSPS) is 13.7. The molecule has 0 saturated heterocycles. The second-order valence-corrected chi connectivity index (χ2v) is 6.90. The molecule has 0 aliphatic carbocycles. The zero-order valence-corrected chi connectivity index (χ0v) is 18.4. The number of guanidine groups is 1. The number of primary amides is 1. The second-order valence-electron chi connectivity index (χ2n) is 6.90. The first-order chi connectivity index (χ1) is 11.8. The minimum absolute atomic E-state index is 0. The molecule has 4 N–H and O–H groups in total. The van der Waals surface area contributed by atoms with Gasteiger partial charge in [-0.1, -0.05) is 26.0 Å². The third kappa shape index (κ3) is 9.94. The van der Waals surface area contributed by atoms with E-state index in [0.29, 0.717) is 24.8 Å². The lowest BCUT2D eigenvalue weighted by Gasteiger charge is -2.21. The minimum atomic E-state index is -0.394. The highest BCUT2D eigenvalue weighted by atomic mass is 127. The molecule has 1 aromatic rings. The van der Waals surface area contributed by atoms with Crippen molar-refractivity contribution in [1.29, 1.82) is 0 Å². The molecule has 0 spiro atoms. The third-order valence-electron chi connectivity index (χ3n) is 4.10. The van der Waals surface area contributed by atoms with Crippen molar-refractivity contribution in [2.24, 2.45) is 22.6 Å². The van der Waals surface area contributed by atoms with Crippen LogP contribution in [0.1, 0.15) is 39.2 Å². The molecule has 0 aromatic heterocycles. The van der Waals surface area contributed by atoms with E-state index in [-0.39, 0.29) is 41.7 Å². The van der Waals surface area contributed by atoms with E-state index < -0.39 is 5.92 Å². The number of halogens is 2. The fraction of sp³-hybridized carbons (Fsp3) is 0.579. The number of aliphatic imine (C=N–C) groups is 1. The van der Waals surface area contributed by atoms with Crippen molar-refractivity contribution in [3.05, 3.63) is 35.6 Å². The molecule has 148 valence electrons. The number of benzene rings is 1. The van der Waals surface area contributed by atoms with Crippen molar-refractivity contribution < 1.29 is 9.18 Å². The van der Waals surface area contributed by atoms with Crippen LogP contribution in [-0.2, 0) is 11.2 Å². The van der Waals surface area contributed by atoms with E-state index in [1.165, 1.54) is 12.1 Å². The van der Waals surface area contributed by atoms with Crippen LogP contribution in [0.25, 0.3) is 0 Å². The van der Waals surface area contributed by atoms with Gasteiger partial charge in [0.15, 0.2) is 5.96 Å². The lowest BCUT2D eigenvalue weighted by molar-refractivity contribution is -0.121. The molecule has 0 fully saturated rings. The monoisotopic (exact) mass is 478 g/mol. The Hall–Kier alpha value is -1.38. The van der Waals surface area contributed by atoms with Crippen LogP contribution in [-0.4, -0.2) is 31.5 Å². The van der Waals surface area contributed by atoms with Gasteiger partial charge in [0.05, 0.1) is 5.92 Å². The Morgan fingerprint density at radius 3 is 2.31 bits per heavy atom. The van der Waals surface area contributed by atoms with Crippen molar-refractivity contribution in [3.8, 4) is 0 Å². The first-order valence-electron chi connectivity index (χ1n) is 8.82. The van der Waals surface area contributed by atoms with Crippen LogP contribution in [0.3, 0.4) is 0 Å². The molecule has 26 heavy (non-hydrogen) atoms. The summed E-state index contributed by atoms with van der Waals surface area (Å²) in [4.78, 5) is 15.9. The van der Waals surface area contributed by atoms with Crippen LogP contribution in [0.5, 0.6) is 0 Å². The van der Waals surface area contributed by atoms with Crippen molar-refractivity contribution in [3.63, 3.8) is 0 Å². The summed E-state index contributed by atoms with van der Waals surface area (Å²) >= 11 is 0. The molecule has 5 nitrogen and oxygen atoms in total. The van der Waals surface area contributed by atoms with E-state index in [0.717, 1.165) is 18.4 Å². The van der Waals surface area contributed by atoms with Crippen LogP contribution < -0.4 is 16.4 Å². The number of rotatable bonds is 9. The van der Waals surface area contributed by atoms with Gasteiger partial charge in [0.25, 0.3) is 0 Å². The number of carbonyl (C=O) groups is 1. The predicted octanol–water partition coefficient (Wildman–Crippen LogP) is 3.08. The maximum atomic E-state index is 13.0. The third-order valence-corrected chi connectivity index (χ3v) is 4.10. The van der Waals surface area contributed by atoms with Gasteiger partial charge in [-0.05, 0) is 49.8 Å². The zero-order chi connectivity index (χ0) is 18.8. The largest absolute Gasteiger partial charge is 0.369 e. The lowest BCUT2D eigenvalue weighted by Crippen LogP contribution is -2.46. The summed E-state index contributed by atoms with van der Waals surface area (Å²) in [7, 11) is 1.70. The van der Waals surface area contributed by atoms with E-state index >= 15 is 0 Å². The molecule has 0 saturated carbocycles. The number of nitrogens with one attached hydrogen (secondary N) is 2. The Kier molecular flexibility index (Phi) is 12.2. The summed E-state index contributed by atoms with van der Waals surface area (Å²) in [6.45, 7) is 6.89. The summed E-state index contributed by atoms with van der Waals surface area (Å²) in [5.41, 5.74) is 6.39. The van der Waals surface area contributed by atoms with Crippen molar-refractivity contribution >= 4 is 35.8 Å². The molecule has 1 aromatic carbocycles. The van der Waals surface area contributed by atoms with Gasteiger partial charge in [-0.15, -0.1) is 24.0 Å². The highest BCUT2D eigenvalue weighted by Gasteiger charge is 2.17. The molecule has 7 heteroatoms. The second kappa shape index (κ2) is 12.9. The van der Waals surface area contributed by atoms with Crippen molar-refractivity contribution in [2.75, 3.05) is 13.6 Å². The SMILES string of the molecule is CN=C(NCC(Cc1ccc(F)cc1)C(N)=O)NC(C)CCC(C)C.I. The first kappa shape index (κ1) is 24.6.